The Hall–Kier alpha value is -1.79. The lowest BCUT2D eigenvalue weighted by molar-refractivity contribution is -0.139. The minimum Gasteiger partial charge on any atom is -0.493 e. The molecular weight excluding hydrogens is 274 g/mol. The van der Waals surface area contributed by atoms with Crippen LogP contribution in [0.2, 0.25) is 0 Å². The van der Waals surface area contributed by atoms with E-state index in [0.717, 1.165) is 31.6 Å². The van der Waals surface area contributed by atoms with Crippen molar-refractivity contribution in [2.45, 2.75) is 25.5 Å². The molecule has 1 unspecified atom stereocenters. The van der Waals surface area contributed by atoms with Crippen LogP contribution in [0.25, 0.3) is 0 Å². The van der Waals surface area contributed by atoms with Gasteiger partial charge in [-0.1, -0.05) is 12.1 Å². The normalized spacial score (nSPS) is 17.7. The summed E-state index contributed by atoms with van der Waals surface area (Å²) in [5.41, 5.74) is 0.869. The van der Waals surface area contributed by atoms with Gasteiger partial charge >= 0.3 is 5.97 Å². The Morgan fingerprint density at radius 3 is 3.05 bits per heavy atom. The van der Waals surface area contributed by atoms with Gasteiger partial charge in [-0.15, -0.1) is 0 Å². The number of carbonyl (C=O) groups is 1. The number of methoxy groups -OCH3 is 1. The Morgan fingerprint density at radius 1 is 1.52 bits per heavy atom. The molecule has 1 aliphatic heterocycles. The van der Waals surface area contributed by atoms with Gasteiger partial charge in [-0.05, 0) is 18.9 Å². The van der Waals surface area contributed by atoms with Gasteiger partial charge in [0.2, 0.25) is 0 Å². The van der Waals surface area contributed by atoms with Gasteiger partial charge < -0.3 is 24.6 Å². The number of hydrogen-bond donors (Lipinski definition) is 2. The number of para-hydroxylation sites is 1. The van der Waals surface area contributed by atoms with Crippen molar-refractivity contribution in [2.24, 2.45) is 0 Å². The predicted molar refractivity (Wildman–Crippen MR) is 76.8 cm³/mol. The molecule has 0 saturated carbocycles. The molecule has 1 aromatic carbocycles. The summed E-state index contributed by atoms with van der Waals surface area (Å²) in [5, 5.41) is 12.1. The smallest absolute Gasteiger partial charge is 0.341 e. The van der Waals surface area contributed by atoms with Gasteiger partial charge in [-0.3, -0.25) is 0 Å². The fourth-order valence-electron chi connectivity index (χ4n) is 2.33. The maximum Gasteiger partial charge on any atom is 0.341 e. The molecule has 116 valence electrons. The van der Waals surface area contributed by atoms with E-state index in [0.29, 0.717) is 18.0 Å². The lowest BCUT2D eigenvalue weighted by atomic mass is 10.1. The van der Waals surface area contributed by atoms with Gasteiger partial charge in [0.1, 0.15) is 0 Å². The van der Waals surface area contributed by atoms with Crippen molar-refractivity contribution in [3.63, 3.8) is 0 Å². The van der Waals surface area contributed by atoms with E-state index < -0.39 is 5.97 Å². The summed E-state index contributed by atoms with van der Waals surface area (Å²) in [5.74, 6) is -0.00548. The topological polar surface area (TPSA) is 77.0 Å². The maximum absolute atomic E-state index is 10.7. The molecule has 0 amide bonds. The SMILES string of the molecule is COc1cccc(CNCC2CCCO2)c1OCC(=O)O. The summed E-state index contributed by atoms with van der Waals surface area (Å²) in [4.78, 5) is 10.7. The number of nitrogens with one attached hydrogen (secondary N) is 1. The van der Waals surface area contributed by atoms with Crippen molar-refractivity contribution in [1.82, 2.24) is 5.32 Å². The van der Waals surface area contributed by atoms with Crippen molar-refractivity contribution in [1.29, 1.82) is 0 Å². The summed E-state index contributed by atoms with van der Waals surface area (Å²) in [7, 11) is 1.53. The van der Waals surface area contributed by atoms with E-state index in [2.05, 4.69) is 5.32 Å². The molecule has 1 aromatic rings. The molecule has 6 heteroatoms. The molecule has 1 atom stereocenters. The lowest BCUT2D eigenvalue weighted by Gasteiger charge is -2.15. The molecule has 0 radical (unpaired) electrons. The highest BCUT2D eigenvalue weighted by molar-refractivity contribution is 5.68. The highest BCUT2D eigenvalue weighted by Gasteiger charge is 2.16. The lowest BCUT2D eigenvalue weighted by Crippen LogP contribution is -2.26. The predicted octanol–water partition coefficient (Wildman–Crippen LogP) is 1.43. The Labute approximate surface area is 124 Å². The van der Waals surface area contributed by atoms with Crippen molar-refractivity contribution in [3.8, 4) is 11.5 Å². The van der Waals surface area contributed by atoms with Gasteiger partial charge in [-0.2, -0.15) is 0 Å². The first-order valence-corrected chi connectivity index (χ1v) is 7.03. The number of ether oxygens (including phenoxy) is 3. The molecule has 0 bridgehead atoms. The van der Waals surface area contributed by atoms with Crippen LogP contribution in [-0.4, -0.2) is 44.0 Å². The van der Waals surface area contributed by atoms with E-state index >= 15 is 0 Å². The first-order valence-electron chi connectivity index (χ1n) is 7.03. The van der Waals surface area contributed by atoms with Crippen LogP contribution in [0.5, 0.6) is 11.5 Å². The number of aliphatic carboxylic acids is 1. The van der Waals surface area contributed by atoms with Crippen LogP contribution in [0.4, 0.5) is 0 Å². The Kier molecular flexibility index (Phi) is 5.83. The molecule has 6 nitrogen and oxygen atoms in total. The summed E-state index contributed by atoms with van der Waals surface area (Å²) >= 11 is 0. The molecule has 0 aromatic heterocycles. The second-order valence-electron chi connectivity index (χ2n) is 4.90. The van der Waals surface area contributed by atoms with E-state index in [9.17, 15) is 4.79 Å². The van der Waals surface area contributed by atoms with Crippen molar-refractivity contribution < 1.29 is 24.1 Å². The first kappa shape index (κ1) is 15.6. The van der Waals surface area contributed by atoms with Crippen molar-refractivity contribution in [3.05, 3.63) is 23.8 Å². The van der Waals surface area contributed by atoms with Crippen LogP contribution in [0.1, 0.15) is 18.4 Å². The summed E-state index contributed by atoms with van der Waals surface area (Å²) in [6.45, 7) is 1.79. The monoisotopic (exact) mass is 295 g/mol. The van der Waals surface area contributed by atoms with Gasteiger partial charge in [-0.25, -0.2) is 4.79 Å². The van der Waals surface area contributed by atoms with E-state index in [1.165, 1.54) is 7.11 Å². The van der Waals surface area contributed by atoms with Crippen LogP contribution in [-0.2, 0) is 16.1 Å². The first-order chi connectivity index (χ1) is 10.2. The molecule has 21 heavy (non-hydrogen) atoms. The summed E-state index contributed by atoms with van der Waals surface area (Å²) < 4.78 is 16.1. The van der Waals surface area contributed by atoms with Crippen LogP contribution in [0.3, 0.4) is 0 Å². The van der Waals surface area contributed by atoms with Crippen LogP contribution in [0, 0.1) is 0 Å². The quantitative estimate of drug-likeness (QED) is 0.755. The molecule has 1 fully saturated rings. The van der Waals surface area contributed by atoms with Crippen LogP contribution in [0.15, 0.2) is 18.2 Å². The summed E-state index contributed by atoms with van der Waals surface area (Å²) in [6, 6.07) is 5.50. The van der Waals surface area contributed by atoms with Crippen LogP contribution < -0.4 is 14.8 Å². The number of carboxylic acid groups (broad SMARTS) is 1. The number of carboxylic acids is 1. The third-order valence-electron chi connectivity index (χ3n) is 3.33. The molecule has 1 aliphatic rings. The largest absolute Gasteiger partial charge is 0.493 e. The van der Waals surface area contributed by atoms with Gasteiger partial charge in [0, 0.05) is 25.3 Å². The highest BCUT2D eigenvalue weighted by Crippen LogP contribution is 2.31. The average molecular weight is 295 g/mol. The molecule has 1 heterocycles. The number of rotatable bonds is 8. The van der Waals surface area contributed by atoms with Crippen molar-refractivity contribution >= 4 is 5.97 Å². The van der Waals surface area contributed by atoms with E-state index in [1.54, 1.807) is 6.07 Å². The standard InChI is InChI=1S/C15H21NO5/c1-19-13-6-2-4-11(15(13)21-10-14(17)18)8-16-9-12-5-3-7-20-12/h2,4,6,12,16H,3,5,7-10H2,1H3,(H,17,18). The van der Waals surface area contributed by atoms with E-state index in [-0.39, 0.29) is 12.7 Å². The molecule has 0 aliphatic carbocycles. The summed E-state index contributed by atoms with van der Waals surface area (Å²) in [6.07, 6.45) is 2.45. The van der Waals surface area contributed by atoms with Crippen LogP contribution >= 0.6 is 0 Å². The fourth-order valence-corrected chi connectivity index (χ4v) is 2.33. The van der Waals surface area contributed by atoms with E-state index in [4.69, 9.17) is 19.3 Å². The Balaban J connectivity index is 1.97. The van der Waals surface area contributed by atoms with Gasteiger partial charge in [0.25, 0.3) is 0 Å². The highest BCUT2D eigenvalue weighted by atomic mass is 16.5. The molecule has 2 rings (SSSR count). The zero-order chi connectivity index (χ0) is 15.1. The van der Waals surface area contributed by atoms with Gasteiger partial charge in [0.15, 0.2) is 18.1 Å². The minimum atomic E-state index is -1.01. The molecule has 0 spiro atoms. The zero-order valence-electron chi connectivity index (χ0n) is 12.1. The fraction of sp³-hybridized carbons (Fsp3) is 0.533. The Morgan fingerprint density at radius 2 is 2.38 bits per heavy atom. The molecule has 2 N–H and O–H groups in total. The number of hydrogen-bond acceptors (Lipinski definition) is 5. The maximum atomic E-state index is 10.7. The molecule has 1 saturated heterocycles. The minimum absolute atomic E-state index is 0.263. The third-order valence-corrected chi connectivity index (χ3v) is 3.33. The zero-order valence-corrected chi connectivity index (χ0v) is 12.1. The number of benzene rings is 1. The average Bonchev–Trinajstić information content (AvgIpc) is 2.98. The van der Waals surface area contributed by atoms with Gasteiger partial charge in [0.05, 0.1) is 13.2 Å². The van der Waals surface area contributed by atoms with E-state index in [1.807, 2.05) is 12.1 Å². The Bertz CT molecular complexity index is 471. The molecular formula is C15H21NO5. The second-order valence-corrected chi connectivity index (χ2v) is 4.90. The second kappa shape index (κ2) is 7.85. The van der Waals surface area contributed by atoms with Crippen molar-refractivity contribution in [2.75, 3.05) is 26.9 Å². The third kappa shape index (κ3) is 4.61.